The molecule has 172 valence electrons. The SMILES string of the molecule is I.c1ccc(CN=C(NCCc2ccco2)NCC(c2cccs2)N2CCOCC2)cc1. The van der Waals surface area contributed by atoms with Gasteiger partial charge >= 0.3 is 0 Å². The fourth-order valence-corrected chi connectivity index (χ4v) is 4.52. The van der Waals surface area contributed by atoms with Crippen molar-refractivity contribution in [1.29, 1.82) is 0 Å². The van der Waals surface area contributed by atoms with E-state index in [-0.39, 0.29) is 24.0 Å². The van der Waals surface area contributed by atoms with Crippen molar-refractivity contribution in [2.75, 3.05) is 39.4 Å². The van der Waals surface area contributed by atoms with Gasteiger partial charge < -0.3 is 19.8 Å². The summed E-state index contributed by atoms with van der Waals surface area (Å²) in [6.45, 7) is 5.67. The van der Waals surface area contributed by atoms with E-state index in [9.17, 15) is 0 Å². The first-order valence-electron chi connectivity index (χ1n) is 10.8. The fourth-order valence-electron chi connectivity index (χ4n) is 3.66. The Hall–Kier alpha value is -1.88. The molecule has 3 heterocycles. The zero-order valence-corrected chi connectivity index (χ0v) is 21.3. The molecule has 0 spiro atoms. The van der Waals surface area contributed by atoms with Gasteiger partial charge in [0.2, 0.25) is 0 Å². The van der Waals surface area contributed by atoms with E-state index in [1.165, 1.54) is 10.4 Å². The minimum absolute atomic E-state index is 0. The number of halogens is 1. The molecular formula is C24H31IN4O2S. The highest BCUT2D eigenvalue weighted by molar-refractivity contribution is 14.0. The van der Waals surface area contributed by atoms with Crippen LogP contribution in [0.25, 0.3) is 0 Å². The average molecular weight is 567 g/mol. The number of hydrogen-bond acceptors (Lipinski definition) is 5. The van der Waals surface area contributed by atoms with E-state index >= 15 is 0 Å². The van der Waals surface area contributed by atoms with E-state index in [1.807, 2.05) is 41.7 Å². The predicted molar refractivity (Wildman–Crippen MR) is 141 cm³/mol. The summed E-state index contributed by atoms with van der Waals surface area (Å²) >= 11 is 1.81. The molecule has 1 unspecified atom stereocenters. The molecule has 3 aromatic rings. The molecule has 0 amide bonds. The molecule has 8 heteroatoms. The fraction of sp³-hybridized carbons (Fsp3) is 0.375. The standard InChI is InChI=1S/C24H30N4O2S.HI/c1-2-6-20(7-3-1)18-26-24(25-11-10-21-8-4-14-30-21)27-19-22(23-9-5-17-31-23)28-12-15-29-16-13-28;/h1-9,14,17,22H,10-13,15-16,18-19H2,(H2,25,26,27);1H. The number of aliphatic imine (C=N–C) groups is 1. The molecule has 6 nitrogen and oxygen atoms in total. The summed E-state index contributed by atoms with van der Waals surface area (Å²) in [6, 6.07) is 18.9. The maximum absolute atomic E-state index is 5.57. The Kier molecular flexibility index (Phi) is 10.5. The molecule has 0 aliphatic carbocycles. The number of nitrogens with one attached hydrogen (secondary N) is 2. The van der Waals surface area contributed by atoms with E-state index in [0.717, 1.165) is 57.5 Å². The highest BCUT2D eigenvalue weighted by atomic mass is 127. The van der Waals surface area contributed by atoms with Crippen LogP contribution >= 0.6 is 35.3 Å². The maximum Gasteiger partial charge on any atom is 0.191 e. The van der Waals surface area contributed by atoms with Crippen LogP contribution in [-0.2, 0) is 17.7 Å². The molecule has 4 rings (SSSR count). The van der Waals surface area contributed by atoms with Crippen molar-refractivity contribution in [2.45, 2.75) is 19.0 Å². The highest BCUT2D eigenvalue weighted by Crippen LogP contribution is 2.25. The van der Waals surface area contributed by atoms with Gasteiger partial charge in [0.05, 0.1) is 32.1 Å². The largest absolute Gasteiger partial charge is 0.469 e. The number of furan rings is 1. The van der Waals surface area contributed by atoms with E-state index < -0.39 is 0 Å². The summed E-state index contributed by atoms with van der Waals surface area (Å²) in [5, 5.41) is 9.21. The Balaban J connectivity index is 0.00000289. The quantitative estimate of drug-likeness (QED) is 0.230. The first-order chi connectivity index (χ1) is 15.4. The van der Waals surface area contributed by atoms with Crippen LogP contribution in [0, 0.1) is 0 Å². The number of nitrogens with zero attached hydrogens (tertiary/aromatic N) is 2. The zero-order valence-electron chi connectivity index (χ0n) is 18.1. The molecular weight excluding hydrogens is 535 g/mol. The minimum Gasteiger partial charge on any atom is -0.469 e. The minimum atomic E-state index is 0. The maximum atomic E-state index is 5.57. The van der Waals surface area contributed by atoms with Gasteiger partial charge in [0.15, 0.2) is 5.96 Å². The number of ether oxygens (including phenoxy) is 1. The predicted octanol–water partition coefficient (Wildman–Crippen LogP) is 4.31. The second-order valence-corrected chi connectivity index (χ2v) is 8.45. The Bertz CT molecular complexity index is 898. The number of hydrogen-bond donors (Lipinski definition) is 2. The lowest BCUT2D eigenvalue weighted by molar-refractivity contribution is 0.0177. The molecule has 32 heavy (non-hydrogen) atoms. The zero-order chi connectivity index (χ0) is 21.1. The second kappa shape index (κ2) is 13.6. The third-order valence-electron chi connectivity index (χ3n) is 5.33. The Morgan fingerprint density at radius 1 is 1.03 bits per heavy atom. The van der Waals surface area contributed by atoms with Gasteiger partial charge in [-0.05, 0) is 29.1 Å². The Labute approximate surface area is 211 Å². The highest BCUT2D eigenvalue weighted by Gasteiger charge is 2.23. The molecule has 2 aromatic heterocycles. The lowest BCUT2D eigenvalue weighted by Crippen LogP contribution is -2.46. The van der Waals surface area contributed by atoms with Crippen molar-refractivity contribution >= 4 is 41.3 Å². The number of thiophene rings is 1. The van der Waals surface area contributed by atoms with Crippen LogP contribution in [0.3, 0.4) is 0 Å². The van der Waals surface area contributed by atoms with Crippen molar-refractivity contribution in [2.24, 2.45) is 4.99 Å². The van der Waals surface area contributed by atoms with Crippen LogP contribution in [0.4, 0.5) is 0 Å². The summed E-state index contributed by atoms with van der Waals surface area (Å²) in [5.41, 5.74) is 1.19. The first-order valence-corrected chi connectivity index (χ1v) is 11.7. The molecule has 0 bridgehead atoms. The van der Waals surface area contributed by atoms with Crippen molar-refractivity contribution < 1.29 is 9.15 Å². The van der Waals surface area contributed by atoms with Gasteiger partial charge in [0, 0.05) is 37.5 Å². The molecule has 1 fully saturated rings. The molecule has 0 saturated carbocycles. The number of rotatable bonds is 9. The van der Waals surface area contributed by atoms with Crippen molar-refractivity contribution in [1.82, 2.24) is 15.5 Å². The van der Waals surface area contributed by atoms with Crippen molar-refractivity contribution in [3.8, 4) is 0 Å². The van der Waals surface area contributed by atoms with Gasteiger partial charge in [-0.2, -0.15) is 0 Å². The van der Waals surface area contributed by atoms with Gasteiger partial charge in [-0.15, -0.1) is 35.3 Å². The van der Waals surface area contributed by atoms with Crippen molar-refractivity contribution in [3.63, 3.8) is 0 Å². The lowest BCUT2D eigenvalue weighted by atomic mass is 10.2. The summed E-state index contributed by atoms with van der Waals surface area (Å²) in [4.78, 5) is 8.70. The molecule has 0 radical (unpaired) electrons. The molecule has 1 saturated heterocycles. The normalized spacial score (nSPS) is 15.7. The molecule has 1 aliphatic heterocycles. The van der Waals surface area contributed by atoms with Crippen LogP contribution in [-0.4, -0.2) is 50.3 Å². The van der Waals surface area contributed by atoms with Crippen LogP contribution in [0.1, 0.15) is 22.2 Å². The van der Waals surface area contributed by atoms with Crippen LogP contribution < -0.4 is 10.6 Å². The van der Waals surface area contributed by atoms with Gasteiger partial charge in [-0.3, -0.25) is 4.90 Å². The molecule has 2 N–H and O–H groups in total. The van der Waals surface area contributed by atoms with Gasteiger partial charge in [0.25, 0.3) is 0 Å². The Morgan fingerprint density at radius 2 is 1.88 bits per heavy atom. The molecule has 1 aliphatic rings. The van der Waals surface area contributed by atoms with Crippen LogP contribution in [0.15, 0.2) is 75.7 Å². The van der Waals surface area contributed by atoms with E-state index in [0.29, 0.717) is 12.6 Å². The third-order valence-corrected chi connectivity index (χ3v) is 6.30. The topological polar surface area (TPSA) is 62.0 Å². The van der Waals surface area contributed by atoms with Gasteiger partial charge in [-0.1, -0.05) is 36.4 Å². The van der Waals surface area contributed by atoms with E-state index in [2.05, 4.69) is 45.2 Å². The van der Waals surface area contributed by atoms with Crippen LogP contribution in [0.2, 0.25) is 0 Å². The van der Waals surface area contributed by atoms with Gasteiger partial charge in [0.1, 0.15) is 5.76 Å². The lowest BCUT2D eigenvalue weighted by Gasteiger charge is -2.34. The van der Waals surface area contributed by atoms with Crippen LogP contribution in [0.5, 0.6) is 0 Å². The average Bonchev–Trinajstić information content (AvgIpc) is 3.53. The van der Waals surface area contributed by atoms with Gasteiger partial charge in [-0.25, -0.2) is 4.99 Å². The Morgan fingerprint density at radius 3 is 2.59 bits per heavy atom. The second-order valence-electron chi connectivity index (χ2n) is 7.47. The number of benzene rings is 1. The summed E-state index contributed by atoms with van der Waals surface area (Å²) in [5.74, 6) is 1.80. The van der Waals surface area contributed by atoms with Crippen molar-refractivity contribution in [3.05, 3.63) is 82.4 Å². The smallest absolute Gasteiger partial charge is 0.191 e. The third kappa shape index (κ3) is 7.61. The monoisotopic (exact) mass is 566 g/mol. The molecule has 1 atom stereocenters. The van der Waals surface area contributed by atoms with E-state index in [1.54, 1.807) is 6.26 Å². The summed E-state index contributed by atoms with van der Waals surface area (Å²) in [6.07, 6.45) is 2.53. The summed E-state index contributed by atoms with van der Waals surface area (Å²) < 4.78 is 11.0. The summed E-state index contributed by atoms with van der Waals surface area (Å²) in [7, 11) is 0. The van der Waals surface area contributed by atoms with E-state index in [4.69, 9.17) is 14.1 Å². The first kappa shape index (κ1) is 24.8. The molecule has 1 aromatic carbocycles. The number of morpholine rings is 1. The number of guanidine groups is 1.